The first kappa shape index (κ1) is 31.7. The molecular weight excluding hydrogens is 665 g/mol. The van der Waals surface area contributed by atoms with E-state index in [4.69, 9.17) is 23.4 Å². The zero-order valence-corrected chi connectivity index (χ0v) is 26.8. The normalized spacial score (nSPS) is 11.1. The van der Waals surface area contributed by atoms with Gasteiger partial charge in [-0.15, -0.1) is 0 Å². The van der Waals surface area contributed by atoms with E-state index in [1.165, 1.54) is 6.21 Å². The number of hydrogen-bond acceptors (Lipinski definition) is 8. The van der Waals surface area contributed by atoms with E-state index in [9.17, 15) is 9.59 Å². The highest BCUT2D eigenvalue weighted by Crippen LogP contribution is 2.34. The third-order valence-electron chi connectivity index (χ3n) is 6.05. The SMILES string of the molecule is CCOc1cc(/C=N/NC(=O)c2ccc(COc3ccc(-n4c(C)ccc4C)cc3)o2)cc(I)c1OCC(=O)OC(C)C. The molecule has 43 heavy (non-hydrogen) atoms. The molecule has 0 radical (unpaired) electrons. The number of esters is 1. The number of halogens is 1. The summed E-state index contributed by atoms with van der Waals surface area (Å²) in [4.78, 5) is 24.5. The molecule has 0 saturated carbocycles. The molecule has 4 rings (SSSR count). The van der Waals surface area contributed by atoms with Crippen LogP contribution >= 0.6 is 22.6 Å². The van der Waals surface area contributed by atoms with E-state index >= 15 is 0 Å². The van der Waals surface area contributed by atoms with Gasteiger partial charge in [0.1, 0.15) is 18.1 Å². The topological polar surface area (TPSA) is 114 Å². The number of amides is 1. The summed E-state index contributed by atoms with van der Waals surface area (Å²) >= 11 is 2.08. The van der Waals surface area contributed by atoms with Crippen LogP contribution < -0.4 is 19.6 Å². The summed E-state index contributed by atoms with van der Waals surface area (Å²) in [5, 5.41) is 4.05. The number of hydrogen-bond donors (Lipinski definition) is 1. The molecule has 4 aromatic rings. The monoisotopic (exact) mass is 699 g/mol. The standard InChI is InChI=1S/C32H34IN3O7/c1-6-39-29-16-23(15-27(33)31(29)41-19-30(37)42-20(2)3)17-34-35-32(38)28-14-13-26(43-28)18-40-25-11-9-24(10-12-25)36-21(4)7-8-22(36)5/h7-17,20H,6,18-19H2,1-5H3,(H,35,38)/b34-17+. The summed E-state index contributed by atoms with van der Waals surface area (Å²) in [6.45, 7) is 9.83. The number of aromatic nitrogens is 1. The molecule has 226 valence electrons. The van der Waals surface area contributed by atoms with E-state index in [1.807, 2.05) is 31.2 Å². The van der Waals surface area contributed by atoms with Crippen LogP contribution in [0.25, 0.3) is 5.69 Å². The summed E-state index contributed by atoms with van der Waals surface area (Å²) < 4.78 is 30.9. The van der Waals surface area contributed by atoms with E-state index in [1.54, 1.807) is 38.1 Å². The van der Waals surface area contributed by atoms with Crippen molar-refractivity contribution in [2.24, 2.45) is 5.10 Å². The Hall–Kier alpha value is -4.26. The van der Waals surface area contributed by atoms with Gasteiger partial charge in [0.05, 0.1) is 22.5 Å². The average molecular weight is 700 g/mol. The molecule has 2 aromatic heterocycles. The van der Waals surface area contributed by atoms with Crippen molar-refractivity contribution in [2.45, 2.75) is 47.3 Å². The number of rotatable bonds is 13. The minimum absolute atomic E-state index is 0.103. The Balaban J connectivity index is 1.32. The van der Waals surface area contributed by atoms with Crippen LogP contribution in [0, 0.1) is 17.4 Å². The molecule has 0 unspecified atom stereocenters. The van der Waals surface area contributed by atoms with E-state index < -0.39 is 11.9 Å². The van der Waals surface area contributed by atoms with Gasteiger partial charge in [0.25, 0.3) is 0 Å². The third kappa shape index (κ3) is 8.63. The van der Waals surface area contributed by atoms with Crippen molar-refractivity contribution in [3.63, 3.8) is 0 Å². The van der Waals surface area contributed by atoms with Crippen molar-refractivity contribution in [1.29, 1.82) is 0 Å². The van der Waals surface area contributed by atoms with Gasteiger partial charge < -0.3 is 27.9 Å². The highest BCUT2D eigenvalue weighted by molar-refractivity contribution is 14.1. The van der Waals surface area contributed by atoms with Gasteiger partial charge in [-0.1, -0.05) is 0 Å². The van der Waals surface area contributed by atoms with Crippen LogP contribution in [0.1, 0.15) is 54.0 Å². The minimum Gasteiger partial charge on any atom is -0.490 e. The number of nitrogens with one attached hydrogen (secondary N) is 1. The molecule has 10 nitrogen and oxygen atoms in total. The maximum absolute atomic E-state index is 12.6. The predicted molar refractivity (Wildman–Crippen MR) is 170 cm³/mol. The Morgan fingerprint density at radius 2 is 1.72 bits per heavy atom. The molecule has 0 fully saturated rings. The second kappa shape index (κ2) is 14.8. The molecule has 0 atom stereocenters. The molecule has 0 bridgehead atoms. The summed E-state index contributed by atoms with van der Waals surface area (Å²) in [5.74, 6) is 1.18. The Labute approximate surface area is 264 Å². The van der Waals surface area contributed by atoms with Gasteiger partial charge in [-0.25, -0.2) is 10.2 Å². The number of nitrogens with zero attached hydrogens (tertiary/aromatic N) is 2. The highest BCUT2D eigenvalue weighted by atomic mass is 127. The molecule has 1 N–H and O–H groups in total. The number of furan rings is 1. The molecule has 2 heterocycles. The maximum atomic E-state index is 12.6. The van der Waals surface area contributed by atoms with Crippen LogP contribution in [0.3, 0.4) is 0 Å². The zero-order valence-electron chi connectivity index (χ0n) is 24.7. The van der Waals surface area contributed by atoms with Crippen molar-refractivity contribution < 1.29 is 33.0 Å². The Kier molecular flexibility index (Phi) is 10.9. The summed E-state index contributed by atoms with van der Waals surface area (Å²) in [5.41, 5.74) is 6.50. The molecule has 0 aliphatic rings. The van der Waals surface area contributed by atoms with Gasteiger partial charge in [-0.3, -0.25) is 4.79 Å². The van der Waals surface area contributed by atoms with Crippen LogP contribution in [0.4, 0.5) is 0 Å². The second-order valence-electron chi connectivity index (χ2n) is 9.79. The van der Waals surface area contributed by atoms with Gasteiger partial charge >= 0.3 is 11.9 Å². The van der Waals surface area contributed by atoms with E-state index in [2.05, 4.69) is 63.7 Å². The fourth-order valence-corrected chi connectivity index (χ4v) is 4.99. The van der Waals surface area contributed by atoms with Gasteiger partial charge in [-0.05, 0) is 123 Å². The quantitative estimate of drug-likeness (QED) is 0.0748. The largest absolute Gasteiger partial charge is 0.490 e. The van der Waals surface area contributed by atoms with E-state index in [0.717, 1.165) is 17.1 Å². The number of ether oxygens (including phenoxy) is 4. The van der Waals surface area contributed by atoms with Crippen LogP contribution in [-0.2, 0) is 16.1 Å². The van der Waals surface area contributed by atoms with Crippen LogP contribution in [0.5, 0.6) is 17.2 Å². The lowest BCUT2D eigenvalue weighted by molar-refractivity contribution is -0.149. The van der Waals surface area contributed by atoms with E-state index in [0.29, 0.717) is 38.7 Å². The number of hydrazone groups is 1. The van der Waals surface area contributed by atoms with Crippen molar-refractivity contribution in [2.75, 3.05) is 13.2 Å². The molecule has 0 aliphatic carbocycles. The molecular formula is C32H34IN3O7. The van der Waals surface area contributed by atoms with Crippen molar-refractivity contribution in [3.8, 4) is 22.9 Å². The summed E-state index contributed by atoms with van der Waals surface area (Å²) in [7, 11) is 0. The molecule has 11 heteroatoms. The van der Waals surface area contributed by atoms with Crippen molar-refractivity contribution in [3.05, 3.63) is 92.7 Å². The molecule has 0 saturated heterocycles. The Morgan fingerprint density at radius 3 is 2.40 bits per heavy atom. The minimum atomic E-state index is -0.507. The lowest BCUT2D eigenvalue weighted by Crippen LogP contribution is -2.19. The van der Waals surface area contributed by atoms with E-state index in [-0.39, 0.29) is 25.1 Å². The number of benzene rings is 2. The Morgan fingerprint density at radius 1 is 1.00 bits per heavy atom. The molecule has 1 amide bonds. The fraction of sp³-hybridized carbons (Fsp3) is 0.281. The zero-order chi connectivity index (χ0) is 30.9. The van der Waals surface area contributed by atoms with Crippen LogP contribution in [0.15, 0.2) is 70.2 Å². The smallest absolute Gasteiger partial charge is 0.344 e. The van der Waals surface area contributed by atoms with Crippen LogP contribution in [0.2, 0.25) is 0 Å². The molecule has 2 aromatic carbocycles. The molecule has 0 aliphatic heterocycles. The van der Waals surface area contributed by atoms with Crippen molar-refractivity contribution >= 4 is 40.7 Å². The summed E-state index contributed by atoms with van der Waals surface area (Å²) in [6, 6.07) is 18.7. The first-order valence-electron chi connectivity index (χ1n) is 13.7. The number of aryl methyl sites for hydroxylation is 2. The number of carbonyl (C=O) groups is 2. The average Bonchev–Trinajstić information content (AvgIpc) is 3.57. The van der Waals surface area contributed by atoms with Gasteiger partial charge in [0.15, 0.2) is 23.9 Å². The first-order valence-corrected chi connectivity index (χ1v) is 14.8. The van der Waals surface area contributed by atoms with Crippen molar-refractivity contribution in [1.82, 2.24) is 9.99 Å². The maximum Gasteiger partial charge on any atom is 0.344 e. The van der Waals surface area contributed by atoms with Crippen LogP contribution in [-0.4, -0.2) is 42.0 Å². The van der Waals surface area contributed by atoms with Gasteiger partial charge in [0, 0.05) is 17.1 Å². The highest BCUT2D eigenvalue weighted by Gasteiger charge is 2.16. The van der Waals surface area contributed by atoms with Gasteiger partial charge in [0.2, 0.25) is 0 Å². The summed E-state index contributed by atoms with van der Waals surface area (Å²) in [6.07, 6.45) is 1.25. The lowest BCUT2D eigenvalue weighted by atomic mass is 10.2. The molecule has 0 spiro atoms. The third-order valence-corrected chi connectivity index (χ3v) is 6.85. The first-order chi connectivity index (χ1) is 20.6. The fourth-order valence-electron chi connectivity index (χ4n) is 4.21. The number of carbonyl (C=O) groups excluding carboxylic acids is 2. The lowest BCUT2D eigenvalue weighted by Gasteiger charge is -2.15. The second-order valence-corrected chi connectivity index (χ2v) is 11.0. The predicted octanol–water partition coefficient (Wildman–Crippen LogP) is 6.36. The van der Waals surface area contributed by atoms with Gasteiger partial charge in [-0.2, -0.15) is 5.10 Å². The Bertz CT molecular complexity index is 1570.